The molecule has 0 saturated carbocycles. The fraction of sp³-hybridized carbons (Fsp3) is 0.750. The Hall–Kier alpha value is -0.320. The van der Waals surface area contributed by atoms with Gasteiger partial charge in [-0.1, -0.05) is 6.42 Å². The predicted octanol–water partition coefficient (Wildman–Crippen LogP) is 1.77. The summed E-state index contributed by atoms with van der Waals surface area (Å²) in [7, 11) is 0. The zero-order chi connectivity index (χ0) is 8.39. The van der Waals surface area contributed by atoms with Crippen molar-refractivity contribution in [2.45, 2.75) is 32.2 Å². The van der Waals surface area contributed by atoms with Gasteiger partial charge in [-0.25, -0.2) is 4.98 Å². The molecule has 1 atom stereocenters. The van der Waals surface area contributed by atoms with Gasteiger partial charge in [0.25, 0.3) is 0 Å². The quantitative estimate of drug-likeness (QED) is 0.785. The van der Waals surface area contributed by atoms with Crippen molar-refractivity contribution in [3.63, 3.8) is 0 Å². The number of nitrogens with zero attached hydrogens (tertiary/aromatic N) is 2. The third-order valence-corrected chi connectivity index (χ3v) is 2.24. The molecule has 6 heteroatoms. The van der Waals surface area contributed by atoms with Gasteiger partial charge in [0.15, 0.2) is 5.82 Å². The molecule has 0 radical (unpaired) electrons. The maximum absolute atomic E-state index is 4.31. The van der Waals surface area contributed by atoms with E-state index >= 15 is 0 Å². The highest BCUT2D eigenvalue weighted by Crippen LogP contribution is 2.19. The summed E-state index contributed by atoms with van der Waals surface area (Å²) < 4.78 is 0. The summed E-state index contributed by atoms with van der Waals surface area (Å²) in [4.78, 5) is 4.31. The van der Waals surface area contributed by atoms with Gasteiger partial charge in [-0.3, -0.25) is 5.10 Å². The van der Waals surface area contributed by atoms with E-state index in [1.807, 2.05) is 6.92 Å². The van der Waals surface area contributed by atoms with Crippen LogP contribution in [0.1, 0.15) is 37.0 Å². The van der Waals surface area contributed by atoms with Crippen LogP contribution in [-0.4, -0.2) is 21.7 Å². The van der Waals surface area contributed by atoms with Crippen LogP contribution in [0.25, 0.3) is 0 Å². The molecule has 1 saturated heterocycles. The molecule has 0 spiro atoms. The second-order valence-electron chi connectivity index (χ2n) is 3.28. The highest BCUT2D eigenvalue weighted by molar-refractivity contribution is 5.85. The smallest absolute Gasteiger partial charge is 0.167 e. The van der Waals surface area contributed by atoms with E-state index in [4.69, 9.17) is 0 Å². The van der Waals surface area contributed by atoms with E-state index in [1.165, 1.54) is 12.8 Å². The molecule has 0 bridgehead atoms. The van der Waals surface area contributed by atoms with Crippen LogP contribution in [0, 0.1) is 6.92 Å². The minimum absolute atomic E-state index is 0. The molecule has 1 aliphatic rings. The monoisotopic (exact) mass is 238 g/mol. The van der Waals surface area contributed by atoms with Crippen molar-refractivity contribution in [2.75, 3.05) is 6.54 Å². The van der Waals surface area contributed by atoms with Crippen LogP contribution in [-0.2, 0) is 0 Å². The molecule has 82 valence electrons. The number of halogens is 2. The predicted molar refractivity (Wildman–Crippen MR) is 60.2 cm³/mol. The first-order valence-corrected chi connectivity index (χ1v) is 4.48. The molecule has 2 heterocycles. The van der Waals surface area contributed by atoms with Crippen LogP contribution >= 0.6 is 24.8 Å². The van der Waals surface area contributed by atoms with E-state index in [9.17, 15) is 0 Å². The second-order valence-corrected chi connectivity index (χ2v) is 3.28. The first-order chi connectivity index (χ1) is 5.86. The molecule has 14 heavy (non-hydrogen) atoms. The zero-order valence-corrected chi connectivity index (χ0v) is 9.75. The first-order valence-electron chi connectivity index (χ1n) is 4.48. The van der Waals surface area contributed by atoms with E-state index in [2.05, 4.69) is 20.5 Å². The highest BCUT2D eigenvalue weighted by Gasteiger charge is 2.17. The number of nitrogens with one attached hydrogen (secondary N) is 2. The van der Waals surface area contributed by atoms with Gasteiger partial charge >= 0.3 is 0 Å². The van der Waals surface area contributed by atoms with Crippen LogP contribution in [0.15, 0.2) is 0 Å². The van der Waals surface area contributed by atoms with Gasteiger partial charge in [0.2, 0.25) is 0 Å². The van der Waals surface area contributed by atoms with E-state index in [0.29, 0.717) is 6.04 Å². The van der Waals surface area contributed by atoms with Gasteiger partial charge in [-0.05, 0) is 26.3 Å². The average Bonchev–Trinajstić information content (AvgIpc) is 2.54. The Kier molecular flexibility index (Phi) is 6.08. The number of hydrogen-bond acceptors (Lipinski definition) is 3. The number of aromatic nitrogens is 3. The molecule has 1 aromatic heterocycles. The molecule has 1 aliphatic heterocycles. The SMILES string of the molecule is Cc1nc(C2CCCCN2)n[nH]1.Cl.Cl. The maximum atomic E-state index is 4.31. The zero-order valence-electron chi connectivity index (χ0n) is 8.12. The minimum Gasteiger partial charge on any atom is -0.307 e. The van der Waals surface area contributed by atoms with Crippen LogP contribution in [0.2, 0.25) is 0 Å². The van der Waals surface area contributed by atoms with Gasteiger partial charge in [-0.15, -0.1) is 24.8 Å². The van der Waals surface area contributed by atoms with Gasteiger partial charge in [0.1, 0.15) is 5.82 Å². The Morgan fingerprint density at radius 3 is 2.57 bits per heavy atom. The van der Waals surface area contributed by atoms with Crippen molar-refractivity contribution < 1.29 is 0 Å². The summed E-state index contributed by atoms with van der Waals surface area (Å²) in [6, 6.07) is 0.378. The van der Waals surface area contributed by atoms with Crippen LogP contribution < -0.4 is 5.32 Å². The lowest BCUT2D eigenvalue weighted by molar-refractivity contribution is 0.398. The fourth-order valence-corrected chi connectivity index (χ4v) is 1.59. The van der Waals surface area contributed by atoms with Gasteiger partial charge in [0.05, 0.1) is 6.04 Å². The number of hydrogen-bond donors (Lipinski definition) is 2. The van der Waals surface area contributed by atoms with Crippen molar-refractivity contribution in [2.24, 2.45) is 0 Å². The van der Waals surface area contributed by atoms with E-state index in [1.54, 1.807) is 0 Å². The fourth-order valence-electron chi connectivity index (χ4n) is 1.59. The first kappa shape index (κ1) is 13.7. The Labute approximate surface area is 96.1 Å². The van der Waals surface area contributed by atoms with Crippen molar-refractivity contribution in [3.8, 4) is 0 Å². The Bertz CT molecular complexity index is 258. The summed E-state index contributed by atoms with van der Waals surface area (Å²) in [6.45, 7) is 3.03. The topological polar surface area (TPSA) is 53.6 Å². The van der Waals surface area contributed by atoms with E-state index in [-0.39, 0.29) is 24.8 Å². The van der Waals surface area contributed by atoms with Gasteiger partial charge in [0, 0.05) is 0 Å². The summed E-state index contributed by atoms with van der Waals surface area (Å²) in [5.41, 5.74) is 0. The standard InChI is InChI=1S/C8H14N4.2ClH/c1-6-10-8(12-11-6)7-4-2-3-5-9-7;;/h7,9H,2-5H2,1H3,(H,10,11,12);2*1H. The normalized spacial score (nSPS) is 20.8. The van der Waals surface area contributed by atoms with Gasteiger partial charge in [-0.2, -0.15) is 5.10 Å². The van der Waals surface area contributed by atoms with Crippen molar-refractivity contribution >= 4 is 24.8 Å². The molecular weight excluding hydrogens is 223 g/mol. The lowest BCUT2D eigenvalue weighted by Gasteiger charge is -2.20. The number of rotatable bonds is 1. The highest BCUT2D eigenvalue weighted by atomic mass is 35.5. The molecule has 4 nitrogen and oxygen atoms in total. The molecule has 1 unspecified atom stereocenters. The molecular formula is C8H16Cl2N4. The molecule has 2 rings (SSSR count). The van der Waals surface area contributed by atoms with E-state index in [0.717, 1.165) is 24.6 Å². The third kappa shape index (κ3) is 3.12. The number of H-pyrrole nitrogens is 1. The van der Waals surface area contributed by atoms with Crippen molar-refractivity contribution in [1.29, 1.82) is 0 Å². The van der Waals surface area contributed by atoms with Crippen LogP contribution in [0.4, 0.5) is 0 Å². The van der Waals surface area contributed by atoms with Crippen molar-refractivity contribution in [3.05, 3.63) is 11.6 Å². The summed E-state index contributed by atoms with van der Waals surface area (Å²) in [5, 5.41) is 10.4. The number of aryl methyl sites for hydroxylation is 1. The van der Waals surface area contributed by atoms with Crippen LogP contribution in [0.3, 0.4) is 0 Å². The average molecular weight is 239 g/mol. The summed E-state index contributed by atoms with van der Waals surface area (Å²) in [5.74, 6) is 1.82. The summed E-state index contributed by atoms with van der Waals surface area (Å²) in [6.07, 6.45) is 3.72. The number of aromatic amines is 1. The molecule has 1 fully saturated rings. The van der Waals surface area contributed by atoms with Crippen LogP contribution in [0.5, 0.6) is 0 Å². The maximum Gasteiger partial charge on any atom is 0.167 e. The largest absolute Gasteiger partial charge is 0.307 e. The molecule has 0 amide bonds. The third-order valence-electron chi connectivity index (χ3n) is 2.24. The Morgan fingerprint density at radius 2 is 2.07 bits per heavy atom. The Balaban J connectivity index is 0.000000845. The molecule has 1 aromatic rings. The van der Waals surface area contributed by atoms with Gasteiger partial charge < -0.3 is 5.32 Å². The van der Waals surface area contributed by atoms with E-state index < -0.39 is 0 Å². The lowest BCUT2D eigenvalue weighted by Crippen LogP contribution is -2.27. The second kappa shape index (κ2) is 6.22. The molecule has 0 aromatic carbocycles. The van der Waals surface area contributed by atoms with Crippen molar-refractivity contribution in [1.82, 2.24) is 20.5 Å². The lowest BCUT2D eigenvalue weighted by atomic mass is 10.0. The number of piperidine rings is 1. The summed E-state index contributed by atoms with van der Waals surface area (Å²) >= 11 is 0. The minimum atomic E-state index is 0. The molecule has 2 N–H and O–H groups in total. The molecule has 0 aliphatic carbocycles. The Morgan fingerprint density at radius 1 is 1.29 bits per heavy atom.